The molecule has 0 atom stereocenters. The SMILES string of the molecule is N#Cc1cccc(-n2ccc(C(=O)Nc3ccc(CN4CCN(C5CC5)CC4)cn3)n2)c1. The Labute approximate surface area is 187 Å². The Morgan fingerprint density at radius 1 is 1.12 bits per heavy atom. The van der Waals surface area contributed by atoms with Crippen LogP contribution in [0, 0.1) is 11.3 Å². The molecular formula is C24H25N7O. The largest absolute Gasteiger partial charge is 0.305 e. The Morgan fingerprint density at radius 3 is 2.69 bits per heavy atom. The lowest BCUT2D eigenvalue weighted by molar-refractivity contribution is 0.102. The second-order valence-electron chi connectivity index (χ2n) is 8.36. The van der Waals surface area contributed by atoms with Gasteiger partial charge in [0.1, 0.15) is 5.82 Å². The molecule has 1 aromatic carbocycles. The van der Waals surface area contributed by atoms with Gasteiger partial charge >= 0.3 is 0 Å². The molecule has 1 saturated heterocycles. The minimum absolute atomic E-state index is 0.284. The Hall–Kier alpha value is -3.54. The molecule has 1 amide bonds. The second-order valence-corrected chi connectivity index (χ2v) is 8.36. The normalized spacial score (nSPS) is 17.1. The first-order valence-electron chi connectivity index (χ1n) is 11.0. The van der Waals surface area contributed by atoms with E-state index in [9.17, 15) is 4.79 Å². The predicted molar refractivity (Wildman–Crippen MR) is 120 cm³/mol. The van der Waals surface area contributed by atoms with Crippen LogP contribution in [0.3, 0.4) is 0 Å². The van der Waals surface area contributed by atoms with E-state index in [4.69, 9.17) is 5.26 Å². The number of anilines is 1. The Bertz CT molecular complexity index is 1140. The molecule has 1 aliphatic heterocycles. The summed E-state index contributed by atoms with van der Waals surface area (Å²) in [5.74, 6) is 0.176. The van der Waals surface area contributed by atoms with Crippen molar-refractivity contribution in [3.05, 3.63) is 71.7 Å². The summed E-state index contributed by atoms with van der Waals surface area (Å²) in [6.45, 7) is 5.37. The summed E-state index contributed by atoms with van der Waals surface area (Å²) in [6, 6.07) is 15.5. The maximum atomic E-state index is 12.6. The first kappa shape index (κ1) is 20.4. The zero-order chi connectivity index (χ0) is 21.9. The monoisotopic (exact) mass is 427 g/mol. The quantitative estimate of drug-likeness (QED) is 0.651. The van der Waals surface area contributed by atoms with Crippen molar-refractivity contribution in [3.8, 4) is 11.8 Å². The maximum Gasteiger partial charge on any atom is 0.277 e. The molecule has 8 heteroatoms. The average Bonchev–Trinajstić information content (AvgIpc) is 3.56. The second kappa shape index (κ2) is 8.91. The van der Waals surface area contributed by atoms with E-state index >= 15 is 0 Å². The molecule has 162 valence electrons. The molecule has 3 aromatic rings. The number of rotatable bonds is 6. The van der Waals surface area contributed by atoms with Crippen LogP contribution in [0.25, 0.3) is 5.69 Å². The molecule has 8 nitrogen and oxygen atoms in total. The molecule has 32 heavy (non-hydrogen) atoms. The van der Waals surface area contributed by atoms with Crippen molar-refractivity contribution >= 4 is 11.7 Å². The molecular weight excluding hydrogens is 402 g/mol. The lowest BCUT2D eigenvalue weighted by Gasteiger charge is -2.34. The summed E-state index contributed by atoms with van der Waals surface area (Å²) >= 11 is 0. The van der Waals surface area contributed by atoms with Crippen LogP contribution in [0.5, 0.6) is 0 Å². The van der Waals surface area contributed by atoms with Crippen LogP contribution >= 0.6 is 0 Å². The van der Waals surface area contributed by atoms with Crippen LogP contribution in [0.2, 0.25) is 0 Å². The number of benzene rings is 1. The number of nitrogens with one attached hydrogen (secondary N) is 1. The number of aromatic nitrogens is 3. The number of hydrogen-bond donors (Lipinski definition) is 1. The molecule has 2 aromatic heterocycles. The van der Waals surface area contributed by atoms with Crippen molar-refractivity contribution in [1.29, 1.82) is 5.26 Å². The lowest BCUT2D eigenvalue weighted by Crippen LogP contribution is -2.46. The molecule has 1 saturated carbocycles. The summed E-state index contributed by atoms with van der Waals surface area (Å²) in [4.78, 5) is 22.1. The van der Waals surface area contributed by atoms with Gasteiger partial charge in [0.05, 0.1) is 17.3 Å². The Morgan fingerprint density at radius 2 is 1.97 bits per heavy atom. The van der Waals surface area contributed by atoms with Crippen LogP contribution in [-0.4, -0.2) is 62.7 Å². The smallest absolute Gasteiger partial charge is 0.277 e. The number of nitrogens with zero attached hydrogens (tertiary/aromatic N) is 6. The molecule has 5 rings (SSSR count). The standard InChI is InChI=1S/C24H25N7O/c25-15-18-2-1-3-21(14-18)31-9-8-22(28-31)24(32)27-23-7-4-19(16-26-23)17-29-10-12-30(13-11-29)20-5-6-20/h1-4,7-9,14,16,20H,5-6,10-13,17H2,(H,26,27,32). The highest BCUT2D eigenvalue weighted by molar-refractivity contribution is 6.02. The van der Waals surface area contributed by atoms with Gasteiger partial charge in [-0.25, -0.2) is 9.67 Å². The topological polar surface area (TPSA) is 90.1 Å². The van der Waals surface area contributed by atoms with Gasteiger partial charge < -0.3 is 5.32 Å². The number of hydrogen-bond acceptors (Lipinski definition) is 6. The third-order valence-corrected chi connectivity index (χ3v) is 6.00. The highest BCUT2D eigenvalue weighted by Gasteiger charge is 2.31. The maximum absolute atomic E-state index is 12.6. The number of carbonyl (C=O) groups is 1. The van der Waals surface area contributed by atoms with Crippen LogP contribution in [0.1, 0.15) is 34.5 Å². The van der Waals surface area contributed by atoms with Crippen molar-refractivity contribution in [2.24, 2.45) is 0 Å². The van der Waals surface area contributed by atoms with Crippen molar-refractivity contribution in [2.75, 3.05) is 31.5 Å². The van der Waals surface area contributed by atoms with Crippen LogP contribution in [-0.2, 0) is 6.54 Å². The number of carbonyl (C=O) groups excluding carboxylic acids is 1. The average molecular weight is 428 g/mol. The van der Waals surface area contributed by atoms with Gasteiger partial charge in [-0.3, -0.25) is 14.6 Å². The molecule has 2 fully saturated rings. The molecule has 3 heterocycles. The Balaban J connectivity index is 1.16. The zero-order valence-electron chi connectivity index (χ0n) is 17.8. The van der Waals surface area contributed by atoms with E-state index < -0.39 is 0 Å². The summed E-state index contributed by atoms with van der Waals surface area (Å²) < 4.78 is 1.58. The first-order chi connectivity index (χ1) is 15.7. The van der Waals surface area contributed by atoms with Gasteiger partial charge in [0, 0.05) is 51.2 Å². The van der Waals surface area contributed by atoms with E-state index in [1.165, 1.54) is 12.8 Å². The van der Waals surface area contributed by atoms with Crippen molar-refractivity contribution in [1.82, 2.24) is 24.6 Å². The molecule has 1 N–H and O–H groups in total. The lowest BCUT2D eigenvalue weighted by atomic mass is 10.2. The van der Waals surface area contributed by atoms with E-state index in [2.05, 4.69) is 31.3 Å². The number of pyridine rings is 1. The minimum Gasteiger partial charge on any atom is -0.305 e. The van der Waals surface area contributed by atoms with Gasteiger partial charge in [0.25, 0.3) is 5.91 Å². The first-order valence-corrected chi connectivity index (χ1v) is 11.0. The van der Waals surface area contributed by atoms with E-state index in [-0.39, 0.29) is 11.6 Å². The van der Waals surface area contributed by atoms with Crippen LogP contribution < -0.4 is 5.32 Å². The highest BCUT2D eigenvalue weighted by Crippen LogP contribution is 2.27. The van der Waals surface area contributed by atoms with E-state index in [0.29, 0.717) is 11.4 Å². The van der Waals surface area contributed by atoms with Gasteiger partial charge in [0.2, 0.25) is 0 Å². The van der Waals surface area contributed by atoms with Crippen LogP contribution in [0.4, 0.5) is 5.82 Å². The van der Waals surface area contributed by atoms with Gasteiger partial charge in [-0.2, -0.15) is 10.4 Å². The molecule has 0 bridgehead atoms. The molecule has 0 unspecified atom stereocenters. The van der Waals surface area contributed by atoms with E-state index in [0.717, 1.165) is 50.0 Å². The zero-order valence-corrected chi connectivity index (χ0v) is 17.8. The third kappa shape index (κ3) is 4.69. The fraction of sp³-hybridized carbons (Fsp3) is 0.333. The minimum atomic E-state index is -0.323. The number of piperazine rings is 1. The Kier molecular flexibility index (Phi) is 5.67. The summed E-state index contributed by atoms with van der Waals surface area (Å²) in [6.07, 6.45) is 6.26. The fourth-order valence-electron chi connectivity index (χ4n) is 4.06. The molecule has 0 spiro atoms. The molecule has 2 aliphatic rings. The molecule has 1 aliphatic carbocycles. The number of amides is 1. The van der Waals surface area contributed by atoms with Crippen molar-refractivity contribution < 1.29 is 4.79 Å². The summed E-state index contributed by atoms with van der Waals surface area (Å²) in [5.41, 5.74) is 2.69. The van der Waals surface area contributed by atoms with Crippen molar-refractivity contribution in [3.63, 3.8) is 0 Å². The van der Waals surface area contributed by atoms with Gasteiger partial charge in [0.15, 0.2) is 5.69 Å². The predicted octanol–water partition coefficient (Wildman–Crippen LogP) is 2.67. The van der Waals surface area contributed by atoms with Crippen molar-refractivity contribution in [2.45, 2.75) is 25.4 Å². The summed E-state index contributed by atoms with van der Waals surface area (Å²) in [5, 5.41) is 16.2. The van der Waals surface area contributed by atoms with Gasteiger partial charge in [-0.05, 0) is 48.7 Å². The van der Waals surface area contributed by atoms with Gasteiger partial charge in [-0.15, -0.1) is 0 Å². The number of nitriles is 1. The fourth-order valence-corrected chi connectivity index (χ4v) is 4.06. The highest BCUT2D eigenvalue weighted by atomic mass is 16.2. The van der Waals surface area contributed by atoms with E-state index in [1.807, 2.05) is 24.4 Å². The third-order valence-electron chi connectivity index (χ3n) is 6.00. The van der Waals surface area contributed by atoms with Crippen LogP contribution in [0.15, 0.2) is 54.9 Å². The summed E-state index contributed by atoms with van der Waals surface area (Å²) in [7, 11) is 0. The van der Waals surface area contributed by atoms with Gasteiger partial charge in [-0.1, -0.05) is 12.1 Å². The van der Waals surface area contributed by atoms with E-state index in [1.54, 1.807) is 35.1 Å². The molecule has 0 radical (unpaired) electrons.